The van der Waals surface area contributed by atoms with Crippen molar-refractivity contribution in [2.75, 3.05) is 7.11 Å². The van der Waals surface area contributed by atoms with Gasteiger partial charge in [0, 0.05) is 0 Å². The van der Waals surface area contributed by atoms with Gasteiger partial charge in [0.1, 0.15) is 5.75 Å². The maximum atomic E-state index is 5.29. The molecule has 1 nitrogen and oxygen atoms in total. The smallest absolute Gasteiger partial charge is 0.119 e. The molecule has 0 spiro atoms. The van der Waals surface area contributed by atoms with Crippen LogP contribution in [0.3, 0.4) is 0 Å². The van der Waals surface area contributed by atoms with Crippen LogP contribution in [0.2, 0.25) is 0 Å². The van der Waals surface area contributed by atoms with E-state index in [4.69, 9.17) is 4.74 Å². The van der Waals surface area contributed by atoms with Crippen molar-refractivity contribution in [1.29, 1.82) is 0 Å². The van der Waals surface area contributed by atoms with Crippen molar-refractivity contribution >= 4 is 10.8 Å². The van der Waals surface area contributed by atoms with E-state index in [1.54, 1.807) is 13.2 Å². The number of hydrogen-bond acceptors (Lipinski definition) is 1. The van der Waals surface area contributed by atoms with E-state index in [0.29, 0.717) is 0 Å². The summed E-state index contributed by atoms with van der Waals surface area (Å²) in [4.78, 5) is 0. The van der Waals surface area contributed by atoms with Gasteiger partial charge in [-0.25, -0.2) is 0 Å². The van der Waals surface area contributed by atoms with Crippen LogP contribution in [0.1, 0.15) is 20.8 Å². The van der Waals surface area contributed by atoms with Gasteiger partial charge in [-0.15, -0.1) is 6.58 Å². The number of allylic oxidation sites excluding steroid dienone is 3. The highest BCUT2D eigenvalue weighted by Gasteiger charge is 2.03. The molecular weight excluding hydrogens is 304 g/mol. The Labute approximate surface area is 152 Å². The summed E-state index contributed by atoms with van der Waals surface area (Å²) in [5.41, 5.74) is 2.43. The van der Waals surface area contributed by atoms with E-state index in [0.717, 1.165) is 5.75 Å². The molecule has 3 aromatic carbocycles. The normalized spacial score (nSPS) is 9.60. The van der Waals surface area contributed by atoms with Crippen molar-refractivity contribution in [3.05, 3.63) is 91.5 Å². The first-order valence-corrected chi connectivity index (χ1v) is 8.48. The number of benzene rings is 3. The van der Waals surface area contributed by atoms with Crippen molar-refractivity contribution in [3.8, 4) is 16.9 Å². The molecule has 3 rings (SSSR count). The molecule has 0 radical (unpaired) electrons. The van der Waals surface area contributed by atoms with Crippen molar-refractivity contribution in [3.63, 3.8) is 0 Å². The Morgan fingerprint density at radius 1 is 0.800 bits per heavy atom. The summed E-state index contributed by atoms with van der Waals surface area (Å²) in [5, 5.41) is 2.53. The first-order valence-electron chi connectivity index (χ1n) is 8.48. The molecule has 0 atom stereocenters. The number of ether oxygens (including phenoxy) is 1. The zero-order chi connectivity index (χ0) is 18.5. The fraction of sp³-hybridized carbons (Fsp3) is 0.167. The molecule has 0 aliphatic rings. The van der Waals surface area contributed by atoms with Gasteiger partial charge in [-0.3, -0.25) is 0 Å². The molecule has 0 bridgehead atoms. The zero-order valence-electron chi connectivity index (χ0n) is 15.7. The van der Waals surface area contributed by atoms with Crippen LogP contribution >= 0.6 is 0 Å². The third-order valence-corrected chi connectivity index (χ3v) is 3.50. The minimum absolute atomic E-state index is 0.889. The van der Waals surface area contributed by atoms with Gasteiger partial charge in [-0.1, -0.05) is 72.8 Å². The first-order chi connectivity index (χ1) is 12.2. The Morgan fingerprint density at radius 2 is 1.40 bits per heavy atom. The molecule has 1 heteroatoms. The van der Waals surface area contributed by atoms with Gasteiger partial charge in [0.15, 0.2) is 0 Å². The van der Waals surface area contributed by atoms with Crippen LogP contribution in [0.5, 0.6) is 5.75 Å². The third-order valence-electron chi connectivity index (χ3n) is 3.50. The van der Waals surface area contributed by atoms with E-state index in [1.165, 1.54) is 21.9 Å². The molecule has 25 heavy (non-hydrogen) atoms. The number of methoxy groups -OCH3 is 1. The maximum Gasteiger partial charge on any atom is 0.119 e. The molecular formula is C24H28O. The molecule has 0 aliphatic carbocycles. The quantitative estimate of drug-likeness (QED) is 0.448. The van der Waals surface area contributed by atoms with E-state index < -0.39 is 0 Å². The lowest BCUT2D eigenvalue weighted by atomic mass is 9.98. The molecule has 0 saturated carbocycles. The van der Waals surface area contributed by atoms with E-state index in [-0.39, 0.29) is 0 Å². The summed E-state index contributed by atoms with van der Waals surface area (Å²) < 4.78 is 5.29. The van der Waals surface area contributed by atoms with E-state index in [9.17, 15) is 0 Å². The zero-order valence-corrected chi connectivity index (χ0v) is 15.7. The fourth-order valence-electron chi connectivity index (χ4n) is 2.27. The lowest BCUT2D eigenvalue weighted by Gasteiger charge is -2.08. The summed E-state index contributed by atoms with van der Waals surface area (Å²) in [6, 6.07) is 23.0. The lowest BCUT2D eigenvalue weighted by molar-refractivity contribution is 0.415. The largest absolute Gasteiger partial charge is 0.497 e. The topological polar surface area (TPSA) is 9.23 Å². The van der Waals surface area contributed by atoms with Crippen molar-refractivity contribution in [2.45, 2.75) is 20.8 Å². The predicted molar refractivity (Wildman–Crippen MR) is 112 cm³/mol. The van der Waals surface area contributed by atoms with Crippen LogP contribution in [-0.4, -0.2) is 7.11 Å². The Kier molecular flexibility index (Phi) is 9.47. The fourth-order valence-corrected chi connectivity index (χ4v) is 2.27. The first kappa shape index (κ1) is 20.2. The van der Waals surface area contributed by atoms with Crippen LogP contribution in [0.15, 0.2) is 91.5 Å². The van der Waals surface area contributed by atoms with Gasteiger partial charge in [0.05, 0.1) is 7.11 Å². The van der Waals surface area contributed by atoms with Crippen LogP contribution < -0.4 is 4.74 Å². The molecule has 3 aromatic rings. The molecule has 130 valence electrons. The molecule has 0 heterocycles. The van der Waals surface area contributed by atoms with E-state index in [1.807, 2.05) is 45.1 Å². The second-order valence-corrected chi connectivity index (χ2v) is 5.33. The number of hydrogen-bond donors (Lipinski definition) is 0. The maximum absolute atomic E-state index is 5.29. The Hall–Kier alpha value is -2.80. The molecule has 0 amide bonds. The predicted octanol–water partition coefficient (Wildman–Crippen LogP) is 7.29. The average molecular weight is 332 g/mol. The third kappa shape index (κ3) is 6.31. The van der Waals surface area contributed by atoms with Gasteiger partial charge < -0.3 is 4.74 Å². The van der Waals surface area contributed by atoms with Gasteiger partial charge in [0.25, 0.3) is 0 Å². The minimum atomic E-state index is 0.889. The average Bonchev–Trinajstić information content (AvgIpc) is 2.68. The number of fused-ring (bicyclic) bond motifs is 1. The molecule has 0 unspecified atom stereocenters. The van der Waals surface area contributed by atoms with Crippen molar-refractivity contribution < 1.29 is 4.74 Å². The monoisotopic (exact) mass is 332 g/mol. The second-order valence-electron chi connectivity index (χ2n) is 5.33. The van der Waals surface area contributed by atoms with E-state index >= 15 is 0 Å². The standard InChI is InChI=1S/C17H14O.C4H8.C3H6/c1-18-15-9-4-8-14(12-15)17-11-5-7-13-6-2-3-10-16(13)17;1-3-4-2;1-3-2/h2-12H,1H3;3-4H,1-2H3;3H,1H2,2H3/b;4-3-;. The van der Waals surface area contributed by atoms with Gasteiger partial charge in [0.2, 0.25) is 0 Å². The Bertz CT molecular complexity index is 791. The van der Waals surface area contributed by atoms with Crippen LogP contribution in [0.25, 0.3) is 21.9 Å². The Balaban J connectivity index is 0.000000386. The van der Waals surface area contributed by atoms with Crippen LogP contribution in [0.4, 0.5) is 0 Å². The highest BCUT2D eigenvalue weighted by molar-refractivity contribution is 5.96. The molecule has 0 N–H and O–H groups in total. The molecule has 0 saturated heterocycles. The molecule has 0 aliphatic heterocycles. The number of rotatable bonds is 2. The minimum Gasteiger partial charge on any atom is -0.497 e. The summed E-state index contributed by atoms with van der Waals surface area (Å²) in [7, 11) is 1.70. The van der Waals surface area contributed by atoms with Gasteiger partial charge in [-0.2, -0.15) is 0 Å². The van der Waals surface area contributed by atoms with Gasteiger partial charge >= 0.3 is 0 Å². The SMILES string of the molecule is C/C=C\C.C=CC.COc1cccc(-c2cccc3ccccc23)c1. The van der Waals surface area contributed by atoms with Crippen LogP contribution in [0, 0.1) is 0 Å². The van der Waals surface area contributed by atoms with Crippen molar-refractivity contribution in [2.24, 2.45) is 0 Å². The second kappa shape index (κ2) is 11.7. The molecule has 0 fully saturated rings. The van der Waals surface area contributed by atoms with E-state index in [2.05, 4.69) is 61.2 Å². The Morgan fingerprint density at radius 3 is 2.04 bits per heavy atom. The molecule has 0 aromatic heterocycles. The lowest BCUT2D eigenvalue weighted by Crippen LogP contribution is -1.85. The highest BCUT2D eigenvalue weighted by atomic mass is 16.5. The van der Waals surface area contributed by atoms with Crippen LogP contribution in [-0.2, 0) is 0 Å². The highest BCUT2D eigenvalue weighted by Crippen LogP contribution is 2.30. The summed E-state index contributed by atoms with van der Waals surface area (Å²) >= 11 is 0. The van der Waals surface area contributed by atoms with Crippen molar-refractivity contribution in [1.82, 2.24) is 0 Å². The summed E-state index contributed by atoms with van der Waals surface area (Å²) in [5.74, 6) is 0.889. The summed E-state index contributed by atoms with van der Waals surface area (Å²) in [6.45, 7) is 9.25. The van der Waals surface area contributed by atoms with Gasteiger partial charge in [-0.05, 0) is 54.8 Å². The summed E-state index contributed by atoms with van der Waals surface area (Å²) in [6.07, 6.45) is 5.75.